The molecule has 3 atom stereocenters. The number of benzene rings is 2. The van der Waals surface area contributed by atoms with Crippen LogP contribution in [0.15, 0.2) is 48.5 Å². The molecule has 2 nitrogen and oxygen atoms in total. The van der Waals surface area contributed by atoms with Crippen LogP contribution in [0.3, 0.4) is 0 Å². The maximum Gasteiger partial charge on any atom is 0.0544 e. The highest BCUT2D eigenvalue weighted by molar-refractivity contribution is 6.30. The number of nitrogens with zero attached hydrogens (tertiary/aromatic N) is 1. The fourth-order valence-corrected chi connectivity index (χ4v) is 4.75. The molecule has 0 aliphatic heterocycles. The summed E-state index contributed by atoms with van der Waals surface area (Å²) in [5.74, 6) is 0.415. The zero-order chi connectivity index (χ0) is 18.7. The predicted octanol–water partition coefficient (Wildman–Crippen LogP) is 4.85. The highest BCUT2D eigenvalue weighted by atomic mass is 35.5. The van der Waals surface area contributed by atoms with Gasteiger partial charge < -0.3 is 10.0 Å². The van der Waals surface area contributed by atoms with E-state index in [0.29, 0.717) is 5.92 Å². The molecule has 0 spiro atoms. The fourth-order valence-electron chi connectivity index (χ4n) is 4.63. The first-order chi connectivity index (χ1) is 12.4. The minimum atomic E-state index is -0.192. The number of aliphatic hydroxyl groups excluding tert-OH is 1. The topological polar surface area (TPSA) is 23.5 Å². The van der Waals surface area contributed by atoms with E-state index in [2.05, 4.69) is 62.3 Å². The second kappa shape index (κ2) is 8.12. The van der Waals surface area contributed by atoms with Gasteiger partial charge in [-0.1, -0.05) is 53.6 Å². The van der Waals surface area contributed by atoms with Crippen LogP contribution in [-0.4, -0.2) is 36.8 Å². The van der Waals surface area contributed by atoms with Crippen molar-refractivity contribution in [1.29, 1.82) is 0 Å². The van der Waals surface area contributed by atoms with Gasteiger partial charge in [-0.25, -0.2) is 0 Å². The molecule has 3 rings (SSSR count). The van der Waals surface area contributed by atoms with E-state index in [0.717, 1.165) is 37.3 Å². The van der Waals surface area contributed by atoms with Gasteiger partial charge in [0.25, 0.3) is 0 Å². The van der Waals surface area contributed by atoms with Crippen molar-refractivity contribution < 1.29 is 5.11 Å². The molecule has 1 aliphatic rings. The molecule has 2 aromatic rings. The zero-order valence-electron chi connectivity index (χ0n) is 16.1. The summed E-state index contributed by atoms with van der Waals surface area (Å²) < 4.78 is 0. The van der Waals surface area contributed by atoms with E-state index < -0.39 is 0 Å². The Morgan fingerprint density at radius 2 is 1.88 bits per heavy atom. The minimum Gasteiger partial charge on any atom is -0.393 e. The number of halogens is 1. The van der Waals surface area contributed by atoms with Gasteiger partial charge in [-0.3, -0.25) is 0 Å². The summed E-state index contributed by atoms with van der Waals surface area (Å²) in [6, 6.07) is 17.2. The normalized spacial score (nSPS) is 26.2. The van der Waals surface area contributed by atoms with Gasteiger partial charge in [-0.2, -0.15) is 0 Å². The molecule has 1 fully saturated rings. The Kier molecular flexibility index (Phi) is 6.06. The van der Waals surface area contributed by atoms with Gasteiger partial charge in [0.05, 0.1) is 6.10 Å². The molecule has 140 valence electrons. The van der Waals surface area contributed by atoms with Crippen LogP contribution in [0.5, 0.6) is 0 Å². The molecule has 26 heavy (non-hydrogen) atoms. The standard InChI is InChI=1S/C23H30ClNO/c1-17-5-4-6-19(13-17)23(15-18-7-9-21(24)10-8-18)12-11-22(26)14-20(23)16-25(2)3/h4-10,13,20,22,26H,11-12,14-16H2,1-3H3. The molecule has 3 unspecified atom stereocenters. The molecule has 1 saturated carbocycles. The predicted molar refractivity (Wildman–Crippen MR) is 110 cm³/mol. The van der Waals surface area contributed by atoms with Crippen molar-refractivity contribution in [1.82, 2.24) is 4.90 Å². The Morgan fingerprint density at radius 1 is 1.15 bits per heavy atom. The van der Waals surface area contributed by atoms with Gasteiger partial charge in [-0.05, 0) is 75.9 Å². The molecule has 3 heteroatoms. The summed E-state index contributed by atoms with van der Waals surface area (Å²) in [7, 11) is 4.26. The van der Waals surface area contributed by atoms with Crippen molar-refractivity contribution in [3.05, 3.63) is 70.2 Å². The molecule has 0 heterocycles. The second-order valence-corrected chi connectivity index (χ2v) is 8.65. The molecule has 0 aromatic heterocycles. The lowest BCUT2D eigenvalue weighted by Crippen LogP contribution is -2.47. The van der Waals surface area contributed by atoms with E-state index >= 15 is 0 Å². The van der Waals surface area contributed by atoms with Gasteiger partial charge >= 0.3 is 0 Å². The van der Waals surface area contributed by atoms with E-state index in [1.165, 1.54) is 16.7 Å². The van der Waals surface area contributed by atoms with Crippen molar-refractivity contribution in [3.8, 4) is 0 Å². The highest BCUT2D eigenvalue weighted by Gasteiger charge is 2.44. The van der Waals surface area contributed by atoms with E-state index in [4.69, 9.17) is 11.6 Å². The van der Waals surface area contributed by atoms with Crippen LogP contribution in [0.2, 0.25) is 5.02 Å². The summed E-state index contributed by atoms with van der Waals surface area (Å²) in [6.07, 6.45) is 3.53. The lowest BCUT2D eigenvalue weighted by Gasteiger charge is -2.47. The van der Waals surface area contributed by atoms with Crippen LogP contribution in [0, 0.1) is 12.8 Å². The van der Waals surface area contributed by atoms with Gasteiger partial charge in [0, 0.05) is 17.0 Å². The van der Waals surface area contributed by atoms with Crippen LogP contribution in [0.4, 0.5) is 0 Å². The van der Waals surface area contributed by atoms with Gasteiger partial charge in [0.1, 0.15) is 0 Å². The smallest absolute Gasteiger partial charge is 0.0544 e. The lowest BCUT2D eigenvalue weighted by molar-refractivity contribution is 0.0381. The maximum absolute atomic E-state index is 10.4. The minimum absolute atomic E-state index is 0.0450. The molecule has 0 bridgehead atoms. The van der Waals surface area contributed by atoms with Gasteiger partial charge in [0.2, 0.25) is 0 Å². The number of rotatable bonds is 5. The molecule has 2 aromatic carbocycles. The molecular weight excluding hydrogens is 342 g/mol. The summed E-state index contributed by atoms with van der Waals surface area (Å²) in [4.78, 5) is 2.26. The molecule has 0 saturated heterocycles. The molecule has 0 amide bonds. The van der Waals surface area contributed by atoms with Crippen LogP contribution < -0.4 is 0 Å². The summed E-state index contributed by atoms with van der Waals surface area (Å²) in [5.41, 5.74) is 4.07. The van der Waals surface area contributed by atoms with Crippen LogP contribution in [-0.2, 0) is 11.8 Å². The van der Waals surface area contributed by atoms with Gasteiger partial charge in [-0.15, -0.1) is 0 Å². The van der Waals surface area contributed by atoms with E-state index in [1.807, 2.05) is 12.1 Å². The first-order valence-electron chi connectivity index (χ1n) is 9.53. The third-order valence-corrected chi connectivity index (χ3v) is 6.13. The Hall–Kier alpha value is -1.35. The highest BCUT2D eigenvalue weighted by Crippen LogP contribution is 2.46. The molecule has 1 N–H and O–H groups in total. The average molecular weight is 372 g/mol. The van der Waals surface area contributed by atoms with Crippen LogP contribution >= 0.6 is 11.6 Å². The first kappa shape index (κ1) is 19.4. The fraction of sp³-hybridized carbons (Fsp3) is 0.478. The van der Waals surface area contributed by atoms with E-state index in [1.54, 1.807) is 0 Å². The SMILES string of the molecule is Cc1cccc(C2(Cc3ccc(Cl)cc3)CCC(O)CC2CN(C)C)c1. The Morgan fingerprint density at radius 3 is 2.54 bits per heavy atom. The monoisotopic (exact) mass is 371 g/mol. The number of aryl methyl sites for hydroxylation is 1. The summed E-state index contributed by atoms with van der Waals surface area (Å²) >= 11 is 6.10. The second-order valence-electron chi connectivity index (χ2n) is 8.22. The van der Waals surface area contributed by atoms with Crippen LogP contribution in [0.1, 0.15) is 36.0 Å². The number of aliphatic hydroxyl groups is 1. The Balaban J connectivity index is 2.05. The van der Waals surface area contributed by atoms with E-state index in [-0.39, 0.29) is 11.5 Å². The van der Waals surface area contributed by atoms with Gasteiger partial charge in [0.15, 0.2) is 0 Å². The van der Waals surface area contributed by atoms with E-state index in [9.17, 15) is 5.11 Å². The quantitative estimate of drug-likeness (QED) is 0.811. The third-order valence-electron chi connectivity index (χ3n) is 5.87. The number of hydrogen-bond donors (Lipinski definition) is 1. The maximum atomic E-state index is 10.4. The Labute approximate surface area is 162 Å². The molecule has 1 aliphatic carbocycles. The summed E-state index contributed by atoms with van der Waals surface area (Å²) in [6.45, 7) is 3.15. The van der Waals surface area contributed by atoms with Crippen molar-refractivity contribution in [2.24, 2.45) is 5.92 Å². The Bertz CT molecular complexity index is 725. The van der Waals surface area contributed by atoms with Crippen molar-refractivity contribution >= 4 is 11.6 Å². The van der Waals surface area contributed by atoms with Crippen LogP contribution in [0.25, 0.3) is 0 Å². The van der Waals surface area contributed by atoms with Crippen molar-refractivity contribution in [2.45, 2.75) is 44.1 Å². The largest absolute Gasteiger partial charge is 0.393 e. The average Bonchev–Trinajstić information content (AvgIpc) is 2.59. The lowest BCUT2D eigenvalue weighted by atomic mass is 9.59. The zero-order valence-corrected chi connectivity index (χ0v) is 16.8. The van der Waals surface area contributed by atoms with Crippen molar-refractivity contribution in [3.63, 3.8) is 0 Å². The molecular formula is C23H30ClNO. The van der Waals surface area contributed by atoms with Crippen molar-refractivity contribution in [2.75, 3.05) is 20.6 Å². The molecule has 0 radical (unpaired) electrons. The summed E-state index contributed by atoms with van der Waals surface area (Å²) in [5, 5.41) is 11.2. The third kappa shape index (κ3) is 4.31. The first-order valence-corrected chi connectivity index (χ1v) is 9.91. The number of hydrogen-bond acceptors (Lipinski definition) is 2.